The van der Waals surface area contributed by atoms with Crippen molar-refractivity contribution in [3.8, 4) is 0 Å². The molecule has 0 aliphatic rings. The first-order valence-corrected chi connectivity index (χ1v) is 5.54. The Hall–Kier alpha value is -0.830. The molecular formula is C12H22O3. The predicted octanol–water partition coefficient (Wildman–Crippen LogP) is 2.70. The van der Waals surface area contributed by atoms with Crippen LogP contribution in [0.4, 0.5) is 0 Å². The van der Waals surface area contributed by atoms with Crippen molar-refractivity contribution in [2.24, 2.45) is 0 Å². The molecule has 88 valence electrons. The molecule has 3 heteroatoms. The van der Waals surface area contributed by atoms with Gasteiger partial charge < -0.3 is 9.47 Å². The van der Waals surface area contributed by atoms with Crippen LogP contribution in [0.1, 0.15) is 38.5 Å². The van der Waals surface area contributed by atoms with Gasteiger partial charge in [-0.05, 0) is 19.3 Å². The third-order valence-electron chi connectivity index (χ3n) is 2.17. The number of carbonyl (C=O) groups is 1. The van der Waals surface area contributed by atoms with Gasteiger partial charge in [-0.15, -0.1) is 0 Å². The number of hydrogen-bond donors (Lipinski definition) is 0. The van der Waals surface area contributed by atoms with E-state index in [1.54, 1.807) is 7.11 Å². The van der Waals surface area contributed by atoms with Crippen molar-refractivity contribution < 1.29 is 14.3 Å². The van der Waals surface area contributed by atoms with Crippen LogP contribution in [0.25, 0.3) is 0 Å². The fourth-order valence-corrected chi connectivity index (χ4v) is 1.29. The smallest absolute Gasteiger partial charge is 0.330 e. The summed E-state index contributed by atoms with van der Waals surface area (Å²) in [5.41, 5.74) is 0. The maximum absolute atomic E-state index is 10.7. The van der Waals surface area contributed by atoms with Crippen LogP contribution in [0.3, 0.4) is 0 Å². The van der Waals surface area contributed by atoms with Crippen molar-refractivity contribution in [2.45, 2.75) is 38.5 Å². The zero-order valence-corrected chi connectivity index (χ0v) is 9.83. The van der Waals surface area contributed by atoms with Crippen molar-refractivity contribution in [3.63, 3.8) is 0 Å². The second-order valence-corrected chi connectivity index (χ2v) is 3.47. The Labute approximate surface area is 92.5 Å². The standard InChI is InChI=1S/C12H22O3/c1-14-11-9-7-5-3-4-6-8-10-12(13)15-2/h8,10H,3-7,9,11H2,1-2H3/b10-8+. The van der Waals surface area contributed by atoms with Gasteiger partial charge in [-0.25, -0.2) is 4.79 Å². The fraction of sp³-hybridized carbons (Fsp3) is 0.750. The quantitative estimate of drug-likeness (QED) is 0.336. The Balaban J connectivity index is 3.11. The van der Waals surface area contributed by atoms with Gasteiger partial charge >= 0.3 is 5.97 Å². The molecule has 0 amide bonds. The normalized spacial score (nSPS) is 10.8. The molecule has 0 atom stereocenters. The molecule has 0 spiro atoms. The maximum atomic E-state index is 10.7. The molecule has 0 aromatic carbocycles. The lowest BCUT2D eigenvalue weighted by Crippen LogP contribution is -1.93. The minimum absolute atomic E-state index is 0.268. The van der Waals surface area contributed by atoms with Crippen LogP contribution in [0, 0.1) is 0 Å². The summed E-state index contributed by atoms with van der Waals surface area (Å²) in [5.74, 6) is -0.268. The van der Waals surface area contributed by atoms with Crippen LogP contribution in [0.2, 0.25) is 0 Å². The summed E-state index contributed by atoms with van der Waals surface area (Å²) < 4.78 is 9.45. The number of methoxy groups -OCH3 is 2. The van der Waals surface area contributed by atoms with Gasteiger partial charge in [0.05, 0.1) is 7.11 Å². The summed E-state index contributed by atoms with van der Waals surface area (Å²) in [4.78, 5) is 10.7. The van der Waals surface area contributed by atoms with Crippen LogP contribution in [0.5, 0.6) is 0 Å². The van der Waals surface area contributed by atoms with Crippen LogP contribution in [-0.4, -0.2) is 26.8 Å². The van der Waals surface area contributed by atoms with E-state index in [9.17, 15) is 4.79 Å². The summed E-state index contributed by atoms with van der Waals surface area (Å²) >= 11 is 0. The molecule has 0 aliphatic heterocycles. The monoisotopic (exact) mass is 214 g/mol. The third-order valence-corrected chi connectivity index (χ3v) is 2.17. The Morgan fingerprint density at radius 1 is 1.07 bits per heavy atom. The van der Waals surface area contributed by atoms with Crippen molar-refractivity contribution in [2.75, 3.05) is 20.8 Å². The molecule has 15 heavy (non-hydrogen) atoms. The Kier molecular flexibility index (Phi) is 10.6. The minimum atomic E-state index is -0.268. The zero-order chi connectivity index (χ0) is 11.4. The highest BCUT2D eigenvalue weighted by molar-refractivity contribution is 5.81. The molecule has 0 fully saturated rings. The van der Waals surface area contributed by atoms with Crippen molar-refractivity contribution in [1.82, 2.24) is 0 Å². The minimum Gasteiger partial charge on any atom is -0.466 e. The van der Waals surface area contributed by atoms with Crippen molar-refractivity contribution >= 4 is 5.97 Å². The van der Waals surface area contributed by atoms with E-state index in [0.717, 1.165) is 25.9 Å². The number of unbranched alkanes of at least 4 members (excludes halogenated alkanes) is 5. The average Bonchev–Trinajstić information content (AvgIpc) is 2.26. The number of ether oxygens (including phenoxy) is 2. The van der Waals surface area contributed by atoms with E-state index in [1.807, 2.05) is 6.08 Å². The highest BCUT2D eigenvalue weighted by Gasteiger charge is 1.91. The molecule has 0 aliphatic carbocycles. The number of carbonyl (C=O) groups excluding carboxylic acids is 1. The van der Waals surface area contributed by atoms with Gasteiger partial charge in [0.2, 0.25) is 0 Å². The first-order valence-electron chi connectivity index (χ1n) is 5.54. The van der Waals surface area contributed by atoms with Crippen LogP contribution in [-0.2, 0) is 14.3 Å². The molecule has 0 N–H and O–H groups in total. The van der Waals surface area contributed by atoms with Gasteiger partial charge in [0, 0.05) is 19.8 Å². The van der Waals surface area contributed by atoms with E-state index in [2.05, 4.69) is 4.74 Å². The van der Waals surface area contributed by atoms with E-state index < -0.39 is 0 Å². The van der Waals surface area contributed by atoms with Gasteiger partial charge in [-0.2, -0.15) is 0 Å². The number of hydrogen-bond acceptors (Lipinski definition) is 3. The first kappa shape index (κ1) is 14.2. The fourth-order valence-electron chi connectivity index (χ4n) is 1.29. The lowest BCUT2D eigenvalue weighted by Gasteiger charge is -1.99. The lowest BCUT2D eigenvalue weighted by molar-refractivity contribution is -0.134. The number of allylic oxidation sites excluding steroid dienone is 1. The summed E-state index contributed by atoms with van der Waals surface area (Å²) in [5, 5.41) is 0. The third kappa shape index (κ3) is 11.1. The highest BCUT2D eigenvalue weighted by atomic mass is 16.5. The number of rotatable bonds is 9. The summed E-state index contributed by atoms with van der Waals surface area (Å²) in [6.07, 6.45) is 10.3. The highest BCUT2D eigenvalue weighted by Crippen LogP contribution is 2.05. The molecule has 3 nitrogen and oxygen atoms in total. The predicted molar refractivity (Wildman–Crippen MR) is 60.7 cm³/mol. The van der Waals surface area contributed by atoms with Gasteiger partial charge in [0.1, 0.15) is 0 Å². The van der Waals surface area contributed by atoms with Crippen LogP contribution >= 0.6 is 0 Å². The average molecular weight is 214 g/mol. The van der Waals surface area contributed by atoms with Gasteiger partial charge in [-0.1, -0.05) is 25.3 Å². The van der Waals surface area contributed by atoms with Crippen LogP contribution in [0.15, 0.2) is 12.2 Å². The Morgan fingerprint density at radius 2 is 1.73 bits per heavy atom. The SMILES string of the molecule is COCCCCCCC/C=C/C(=O)OC. The first-order chi connectivity index (χ1) is 7.31. The summed E-state index contributed by atoms with van der Waals surface area (Å²) in [6.45, 7) is 0.863. The molecule has 0 saturated heterocycles. The van der Waals surface area contributed by atoms with E-state index in [4.69, 9.17) is 4.74 Å². The Morgan fingerprint density at radius 3 is 2.40 bits per heavy atom. The lowest BCUT2D eigenvalue weighted by atomic mass is 10.1. The topological polar surface area (TPSA) is 35.5 Å². The molecule has 0 heterocycles. The molecule has 0 rings (SSSR count). The van der Waals surface area contributed by atoms with Gasteiger partial charge in [0.15, 0.2) is 0 Å². The molecule has 0 aromatic rings. The Bertz CT molecular complexity index is 176. The molecular weight excluding hydrogens is 192 g/mol. The molecule has 0 aromatic heterocycles. The van der Waals surface area contributed by atoms with Crippen LogP contribution < -0.4 is 0 Å². The molecule has 0 bridgehead atoms. The molecule has 0 unspecified atom stereocenters. The zero-order valence-electron chi connectivity index (χ0n) is 9.83. The molecule has 0 saturated carbocycles. The van der Waals surface area contributed by atoms with E-state index >= 15 is 0 Å². The summed E-state index contributed by atoms with van der Waals surface area (Å²) in [6, 6.07) is 0. The van der Waals surface area contributed by atoms with E-state index in [-0.39, 0.29) is 5.97 Å². The van der Waals surface area contributed by atoms with E-state index in [1.165, 1.54) is 32.4 Å². The number of esters is 1. The van der Waals surface area contributed by atoms with Crippen molar-refractivity contribution in [1.29, 1.82) is 0 Å². The second kappa shape index (κ2) is 11.2. The van der Waals surface area contributed by atoms with Gasteiger partial charge in [0.25, 0.3) is 0 Å². The molecule has 0 radical (unpaired) electrons. The maximum Gasteiger partial charge on any atom is 0.330 e. The second-order valence-electron chi connectivity index (χ2n) is 3.47. The van der Waals surface area contributed by atoms with Crippen molar-refractivity contribution in [3.05, 3.63) is 12.2 Å². The summed E-state index contributed by atoms with van der Waals surface area (Å²) in [7, 11) is 3.13. The largest absolute Gasteiger partial charge is 0.466 e. The van der Waals surface area contributed by atoms with Gasteiger partial charge in [-0.3, -0.25) is 0 Å². The van der Waals surface area contributed by atoms with E-state index in [0.29, 0.717) is 0 Å².